The molecule has 0 fully saturated rings. The molecule has 4 rings (SSSR count). The minimum Gasteiger partial charge on any atom is -0.495 e. The van der Waals surface area contributed by atoms with Gasteiger partial charge < -0.3 is 10.1 Å². The van der Waals surface area contributed by atoms with Crippen molar-refractivity contribution >= 4 is 48.7 Å². The molecule has 6 nitrogen and oxygen atoms in total. The van der Waals surface area contributed by atoms with Crippen LogP contribution in [0.5, 0.6) is 5.75 Å². The topological polar surface area (TPSA) is 84.5 Å². The number of methoxy groups -OCH3 is 1. The van der Waals surface area contributed by atoms with Crippen LogP contribution in [0.2, 0.25) is 0 Å². The van der Waals surface area contributed by atoms with E-state index in [9.17, 15) is 22.0 Å². The minimum atomic E-state index is -4.03. The molecule has 0 saturated carbocycles. The van der Waals surface area contributed by atoms with Crippen LogP contribution < -0.4 is 14.8 Å². The molecule has 0 saturated heterocycles. The quantitative estimate of drug-likeness (QED) is 0.400. The number of halogens is 2. The number of sulfonamides is 1. The van der Waals surface area contributed by atoms with E-state index in [4.69, 9.17) is 4.74 Å². The molecule has 1 aromatic heterocycles. The molecule has 0 unspecified atom stereocenters. The number of carbonyl (C=O) groups is 1. The molecule has 2 N–H and O–H groups in total. The molecular formula is C22H16F2N2O4S2. The normalized spacial score (nSPS) is 11.3. The Morgan fingerprint density at radius 3 is 2.44 bits per heavy atom. The monoisotopic (exact) mass is 474 g/mol. The van der Waals surface area contributed by atoms with Crippen molar-refractivity contribution < 1.29 is 26.7 Å². The van der Waals surface area contributed by atoms with Gasteiger partial charge in [0.05, 0.1) is 22.6 Å². The largest absolute Gasteiger partial charge is 0.495 e. The lowest BCUT2D eigenvalue weighted by atomic mass is 10.2. The van der Waals surface area contributed by atoms with Gasteiger partial charge >= 0.3 is 0 Å². The lowest BCUT2D eigenvalue weighted by Crippen LogP contribution is -2.15. The summed E-state index contributed by atoms with van der Waals surface area (Å²) < 4.78 is 60.6. The SMILES string of the molecule is COc1ccc(NC(=O)c2cc3c(F)cccc3s2)cc1NS(=O)(=O)c1ccc(F)cc1. The van der Waals surface area contributed by atoms with Gasteiger partial charge in [-0.25, -0.2) is 17.2 Å². The summed E-state index contributed by atoms with van der Waals surface area (Å²) in [5.41, 5.74) is 0.377. The summed E-state index contributed by atoms with van der Waals surface area (Å²) in [5, 5.41) is 3.02. The zero-order chi connectivity index (χ0) is 22.9. The molecule has 10 heteroatoms. The van der Waals surface area contributed by atoms with Gasteiger partial charge in [-0.2, -0.15) is 0 Å². The number of ether oxygens (including phenoxy) is 1. The van der Waals surface area contributed by atoms with Crippen LogP contribution >= 0.6 is 11.3 Å². The van der Waals surface area contributed by atoms with E-state index in [2.05, 4.69) is 10.0 Å². The van der Waals surface area contributed by atoms with Gasteiger partial charge in [0, 0.05) is 15.8 Å². The maximum atomic E-state index is 13.9. The lowest BCUT2D eigenvalue weighted by Gasteiger charge is -2.14. The summed E-state index contributed by atoms with van der Waals surface area (Å²) >= 11 is 1.14. The van der Waals surface area contributed by atoms with E-state index in [-0.39, 0.29) is 16.3 Å². The standard InChI is InChI=1S/C22H16F2N2O4S2/c1-30-19-10-7-14(11-18(19)26-32(28,29)15-8-5-13(23)6-9-15)25-22(27)21-12-16-17(24)3-2-4-20(16)31-21/h2-12,26H,1H3,(H,25,27). The Balaban J connectivity index is 1.60. The zero-order valence-electron chi connectivity index (χ0n) is 16.6. The molecule has 3 aromatic carbocycles. The van der Waals surface area contributed by atoms with Crippen LogP contribution in [0.4, 0.5) is 20.2 Å². The number of rotatable bonds is 6. The summed E-state index contributed by atoms with van der Waals surface area (Å²) in [4.78, 5) is 12.8. The van der Waals surface area contributed by atoms with E-state index in [1.54, 1.807) is 18.2 Å². The van der Waals surface area contributed by atoms with Gasteiger partial charge in [-0.05, 0) is 60.7 Å². The number of fused-ring (bicyclic) bond motifs is 1. The smallest absolute Gasteiger partial charge is 0.265 e. The lowest BCUT2D eigenvalue weighted by molar-refractivity contribution is 0.103. The number of carbonyl (C=O) groups excluding carboxylic acids is 1. The molecule has 0 aliphatic heterocycles. The maximum absolute atomic E-state index is 13.9. The molecular weight excluding hydrogens is 458 g/mol. The Morgan fingerprint density at radius 1 is 1.00 bits per heavy atom. The summed E-state index contributed by atoms with van der Waals surface area (Å²) in [6, 6.07) is 14.8. The maximum Gasteiger partial charge on any atom is 0.265 e. The van der Waals surface area contributed by atoms with Gasteiger partial charge in [-0.15, -0.1) is 11.3 Å². The Morgan fingerprint density at radius 2 is 1.75 bits per heavy atom. The highest BCUT2D eigenvalue weighted by atomic mass is 32.2. The molecule has 4 aromatic rings. The first-order valence-electron chi connectivity index (χ1n) is 9.23. The van der Waals surface area contributed by atoms with Crippen LogP contribution in [-0.4, -0.2) is 21.4 Å². The van der Waals surface area contributed by atoms with Crippen LogP contribution in [0, 0.1) is 11.6 Å². The fourth-order valence-corrected chi connectivity index (χ4v) is 5.04. The van der Waals surface area contributed by atoms with Gasteiger partial charge in [0.25, 0.3) is 15.9 Å². The Labute approximate surface area is 186 Å². The third kappa shape index (κ3) is 4.41. The third-order valence-corrected chi connectivity index (χ3v) is 7.04. The fourth-order valence-electron chi connectivity index (χ4n) is 3.01. The molecule has 0 radical (unpaired) electrons. The second kappa shape index (κ2) is 8.56. The first kappa shape index (κ1) is 21.7. The van der Waals surface area contributed by atoms with E-state index in [1.807, 2.05) is 0 Å². The van der Waals surface area contributed by atoms with Crippen molar-refractivity contribution in [1.29, 1.82) is 0 Å². The van der Waals surface area contributed by atoms with Crippen molar-refractivity contribution in [2.45, 2.75) is 4.90 Å². The molecule has 0 aliphatic carbocycles. The molecule has 0 aliphatic rings. The van der Waals surface area contributed by atoms with E-state index in [0.29, 0.717) is 20.7 Å². The number of benzene rings is 3. The number of thiophene rings is 1. The first-order valence-corrected chi connectivity index (χ1v) is 11.5. The van der Waals surface area contributed by atoms with E-state index < -0.39 is 27.6 Å². The van der Waals surface area contributed by atoms with Gasteiger partial charge in [-0.1, -0.05) is 6.07 Å². The zero-order valence-corrected chi connectivity index (χ0v) is 18.2. The van der Waals surface area contributed by atoms with E-state index in [1.165, 1.54) is 31.4 Å². The summed E-state index contributed by atoms with van der Waals surface area (Å²) in [6.45, 7) is 0. The Bertz CT molecular complexity index is 1420. The molecule has 164 valence electrons. The highest BCUT2D eigenvalue weighted by Crippen LogP contribution is 2.32. The predicted octanol–water partition coefficient (Wildman–Crippen LogP) is 5.24. The predicted molar refractivity (Wildman–Crippen MR) is 120 cm³/mol. The van der Waals surface area contributed by atoms with Crippen molar-refractivity contribution in [1.82, 2.24) is 0 Å². The van der Waals surface area contributed by atoms with Gasteiger partial charge in [0.2, 0.25) is 0 Å². The number of hydrogen-bond acceptors (Lipinski definition) is 5. The molecule has 0 atom stereocenters. The highest BCUT2D eigenvalue weighted by Gasteiger charge is 2.18. The molecule has 1 heterocycles. The van der Waals surface area contributed by atoms with Crippen LogP contribution in [0.1, 0.15) is 9.67 Å². The first-order chi connectivity index (χ1) is 15.3. The van der Waals surface area contributed by atoms with Crippen LogP contribution in [0.15, 0.2) is 71.6 Å². The van der Waals surface area contributed by atoms with Gasteiger partial charge in [0.15, 0.2) is 0 Å². The third-order valence-electron chi connectivity index (χ3n) is 4.56. The van der Waals surface area contributed by atoms with E-state index in [0.717, 1.165) is 35.6 Å². The molecule has 1 amide bonds. The average Bonchev–Trinajstić information content (AvgIpc) is 3.20. The van der Waals surface area contributed by atoms with E-state index >= 15 is 0 Å². The highest BCUT2D eigenvalue weighted by molar-refractivity contribution is 7.92. The van der Waals surface area contributed by atoms with Crippen molar-refractivity contribution in [3.8, 4) is 5.75 Å². The van der Waals surface area contributed by atoms with Crippen molar-refractivity contribution in [2.24, 2.45) is 0 Å². The summed E-state index contributed by atoms with van der Waals surface area (Å²) in [6.07, 6.45) is 0. The number of anilines is 2. The second-order valence-corrected chi connectivity index (χ2v) is 9.46. The number of hydrogen-bond donors (Lipinski definition) is 2. The molecule has 32 heavy (non-hydrogen) atoms. The fraction of sp³-hybridized carbons (Fsp3) is 0.0455. The van der Waals surface area contributed by atoms with Crippen molar-refractivity contribution in [3.05, 3.63) is 83.2 Å². The van der Waals surface area contributed by atoms with Gasteiger partial charge in [0.1, 0.15) is 17.4 Å². The molecule has 0 bridgehead atoms. The van der Waals surface area contributed by atoms with Crippen LogP contribution in [0.25, 0.3) is 10.1 Å². The second-order valence-electron chi connectivity index (χ2n) is 6.69. The summed E-state index contributed by atoms with van der Waals surface area (Å²) in [5.74, 6) is -1.23. The van der Waals surface area contributed by atoms with Gasteiger partial charge in [-0.3, -0.25) is 9.52 Å². The Kier molecular flexibility index (Phi) is 5.81. The Hall–Kier alpha value is -3.50. The number of nitrogens with one attached hydrogen (secondary N) is 2. The average molecular weight is 475 g/mol. The molecule has 0 spiro atoms. The summed E-state index contributed by atoms with van der Waals surface area (Å²) in [7, 11) is -2.66. The number of amides is 1. The van der Waals surface area contributed by atoms with Crippen molar-refractivity contribution in [2.75, 3.05) is 17.1 Å². The van der Waals surface area contributed by atoms with Crippen LogP contribution in [-0.2, 0) is 10.0 Å². The van der Waals surface area contributed by atoms with Crippen molar-refractivity contribution in [3.63, 3.8) is 0 Å². The minimum absolute atomic E-state index is 0.0806. The van der Waals surface area contributed by atoms with Crippen LogP contribution in [0.3, 0.4) is 0 Å².